The number of ether oxygens (including phenoxy) is 1. The van der Waals surface area contributed by atoms with E-state index in [1.807, 2.05) is 54.6 Å². The smallest absolute Gasteiger partial charge is 0.241 e. The highest BCUT2D eigenvalue weighted by atomic mass is 32.2. The van der Waals surface area contributed by atoms with E-state index in [1.54, 1.807) is 19.2 Å². The zero-order chi connectivity index (χ0) is 19.4. The molecule has 27 heavy (non-hydrogen) atoms. The van der Waals surface area contributed by atoms with Crippen molar-refractivity contribution in [2.45, 2.75) is 31.2 Å². The average Bonchev–Trinajstić information content (AvgIpc) is 2.66. The van der Waals surface area contributed by atoms with Gasteiger partial charge in [0.2, 0.25) is 10.0 Å². The van der Waals surface area contributed by atoms with E-state index in [4.69, 9.17) is 4.74 Å². The monoisotopic (exact) mass is 383 g/mol. The Bertz CT molecular complexity index is 1010. The van der Waals surface area contributed by atoms with Crippen LogP contribution in [-0.2, 0) is 10.0 Å². The molecule has 3 rings (SSSR count). The summed E-state index contributed by atoms with van der Waals surface area (Å²) in [5.74, 6) is 1.11. The predicted molar refractivity (Wildman–Crippen MR) is 109 cm³/mol. The van der Waals surface area contributed by atoms with Gasteiger partial charge in [-0.15, -0.1) is 0 Å². The third-order valence-electron chi connectivity index (χ3n) is 4.54. The second-order valence-electron chi connectivity index (χ2n) is 7.09. The minimum atomic E-state index is -3.64. The minimum absolute atomic E-state index is 0.261. The highest BCUT2D eigenvalue weighted by Gasteiger charge is 2.22. The van der Waals surface area contributed by atoms with E-state index in [2.05, 4.69) is 18.6 Å². The zero-order valence-electron chi connectivity index (χ0n) is 15.8. The molecule has 3 aromatic rings. The van der Waals surface area contributed by atoms with Gasteiger partial charge in [0.1, 0.15) is 5.75 Å². The molecule has 0 aliphatic heterocycles. The third kappa shape index (κ3) is 4.67. The summed E-state index contributed by atoms with van der Waals surface area (Å²) >= 11 is 0. The molecule has 5 heteroatoms. The van der Waals surface area contributed by atoms with Crippen molar-refractivity contribution in [2.75, 3.05) is 7.11 Å². The van der Waals surface area contributed by atoms with Crippen LogP contribution in [0.1, 0.15) is 31.9 Å². The molecule has 1 N–H and O–H groups in total. The van der Waals surface area contributed by atoms with Crippen molar-refractivity contribution < 1.29 is 13.2 Å². The normalized spacial score (nSPS) is 13.0. The molecule has 3 aromatic carbocycles. The number of sulfonamides is 1. The molecule has 0 saturated carbocycles. The van der Waals surface area contributed by atoms with Gasteiger partial charge >= 0.3 is 0 Å². The fourth-order valence-electron chi connectivity index (χ4n) is 3.16. The van der Waals surface area contributed by atoms with Crippen molar-refractivity contribution >= 4 is 20.8 Å². The molecule has 1 atom stereocenters. The Balaban J connectivity index is 1.93. The van der Waals surface area contributed by atoms with Crippen LogP contribution in [0.2, 0.25) is 0 Å². The van der Waals surface area contributed by atoms with Gasteiger partial charge in [-0.1, -0.05) is 56.3 Å². The lowest BCUT2D eigenvalue weighted by molar-refractivity contribution is 0.415. The van der Waals surface area contributed by atoms with Gasteiger partial charge in [0.05, 0.1) is 12.0 Å². The average molecular weight is 384 g/mol. The van der Waals surface area contributed by atoms with Crippen LogP contribution in [0.15, 0.2) is 71.6 Å². The Morgan fingerprint density at radius 2 is 1.59 bits per heavy atom. The van der Waals surface area contributed by atoms with E-state index < -0.39 is 10.0 Å². The van der Waals surface area contributed by atoms with Crippen LogP contribution in [0.3, 0.4) is 0 Å². The van der Waals surface area contributed by atoms with Crippen LogP contribution in [-0.4, -0.2) is 15.5 Å². The Labute approximate surface area is 161 Å². The maximum atomic E-state index is 13.0. The first-order valence-electron chi connectivity index (χ1n) is 9.04. The number of methoxy groups -OCH3 is 1. The molecule has 0 spiro atoms. The number of rotatable bonds is 7. The molecular weight excluding hydrogens is 358 g/mol. The van der Waals surface area contributed by atoms with Gasteiger partial charge in [0.15, 0.2) is 0 Å². The first kappa shape index (κ1) is 19.4. The lowest BCUT2D eigenvalue weighted by atomic mass is 9.98. The fourth-order valence-corrected chi connectivity index (χ4v) is 4.43. The minimum Gasteiger partial charge on any atom is -0.497 e. The Morgan fingerprint density at radius 3 is 2.26 bits per heavy atom. The molecule has 0 amide bonds. The summed E-state index contributed by atoms with van der Waals surface area (Å²) in [5, 5.41) is 1.80. The molecule has 1 unspecified atom stereocenters. The topological polar surface area (TPSA) is 55.4 Å². The summed E-state index contributed by atoms with van der Waals surface area (Å²) in [4.78, 5) is 0.268. The molecule has 0 radical (unpaired) electrons. The summed E-state index contributed by atoms with van der Waals surface area (Å²) in [6.45, 7) is 4.18. The van der Waals surface area contributed by atoms with Crippen LogP contribution >= 0.6 is 0 Å². The van der Waals surface area contributed by atoms with E-state index >= 15 is 0 Å². The van der Waals surface area contributed by atoms with Gasteiger partial charge in [0, 0.05) is 6.04 Å². The molecule has 0 fully saturated rings. The highest BCUT2D eigenvalue weighted by molar-refractivity contribution is 7.89. The van der Waals surface area contributed by atoms with E-state index in [0.29, 0.717) is 5.92 Å². The second-order valence-corrected chi connectivity index (χ2v) is 8.80. The molecular formula is C22H25NO3S. The fraction of sp³-hybridized carbons (Fsp3) is 0.273. The molecule has 0 saturated heterocycles. The molecule has 0 heterocycles. The van der Waals surface area contributed by atoms with Gasteiger partial charge < -0.3 is 4.74 Å². The number of hydrogen-bond donors (Lipinski definition) is 1. The third-order valence-corrected chi connectivity index (χ3v) is 6.00. The van der Waals surface area contributed by atoms with Crippen molar-refractivity contribution in [3.05, 3.63) is 72.3 Å². The van der Waals surface area contributed by atoms with Gasteiger partial charge in [-0.2, -0.15) is 0 Å². The number of benzene rings is 3. The van der Waals surface area contributed by atoms with Crippen molar-refractivity contribution in [2.24, 2.45) is 5.92 Å². The Kier molecular flexibility index (Phi) is 5.82. The zero-order valence-corrected chi connectivity index (χ0v) is 16.7. The summed E-state index contributed by atoms with van der Waals surface area (Å²) in [6, 6.07) is 20.2. The van der Waals surface area contributed by atoms with Crippen LogP contribution in [0.4, 0.5) is 0 Å². The molecule has 142 valence electrons. The van der Waals surface area contributed by atoms with Gasteiger partial charge in [-0.25, -0.2) is 13.1 Å². The van der Waals surface area contributed by atoms with Gasteiger partial charge in [-0.3, -0.25) is 0 Å². The van der Waals surface area contributed by atoms with Crippen LogP contribution in [0.25, 0.3) is 10.8 Å². The maximum absolute atomic E-state index is 13.0. The summed E-state index contributed by atoms with van der Waals surface area (Å²) in [6.07, 6.45) is 0.730. The molecule has 0 aliphatic carbocycles. The molecule has 0 aliphatic rings. The molecule has 4 nitrogen and oxygen atoms in total. The van der Waals surface area contributed by atoms with E-state index in [1.165, 1.54) is 0 Å². The first-order valence-corrected chi connectivity index (χ1v) is 10.5. The summed E-state index contributed by atoms with van der Waals surface area (Å²) in [5.41, 5.74) is 0.973. The highest BCUT2D eigenvalue weighted by Crippen LogP contribution is 2.27. The Hall–Kier alpha value is -2.37. The molecule has 0 bridgehead atoms. The number of hydrogen-bond acceptors (Lipinski definition) is 3. The predicted octanol–water partition coefficient (Wildman–Crippen LogP) is 4.91. The van der Waals surface area contributed by atoms with Crippen molar-refractivity contribution in [1.29, 1.82) is 0 Å². The summed E-state index contributed by atoms with van der Waals surface area (Å²) < 4.78 is 34.2. The first-order chi connectivity index (χ1) is 12.9. The number of fused-ring (bicyclic) bond motifs is 1. The largest absolute Gasteiger partial charge is 0.497 e. The maximum Gasteiger partial charge on any atom is 0.241 e. The SMILES string of the molecule is COc1ccc2cc(S(=O)(=O)NC(CC(C)C)c3ccccc3)ccc2c1. The van der Waals surface area contributed by atoms with E-state index in [9.17, 15) is 8.42 Å². The second kappa shape index (κ2) is 8.11. The Morgan fingerprint density at radius 1 is 0.926 bits per heavy atom. The van der Waals surface area contributed by atoms with Crippen molar-refractivity contribution in [1.82, 2.24) is 4.72 Å². The van der Waals surface area contributed by atoms with Gasteiger partial charge in [-0.05, 0) is 52.9 Å². The lowest BCUT2D eigenvalue weighted by Gasteiger charge is -2.21. The standard InChI is InChI=1S/C22H25NO3S/c1-16(2)13-22(17-7-5-4-6-8-17)23-27(24,25)21-12-10-18-14-20(26-3)11-9-19(18)15-21/h4-12,14-16,22-23H,13H2,1-3H3. The summed E-state index contributed by atoms with van der Waals surface area (Å²) in [7, 11) is -2.03. The van der Waals surface area contributed by atoms with Crippen molar-refractivity contribution in [3.8, 4) is 5.75 Å². The molecule has 0 aromatic heterocycles. The van der Waals surface area contributed by atoms with E-state index in [-0.39, 0.29) is 10.9 Å². The quantitative estimate of drug-likeness (QED) is 0.630. The van der Waals surface area contributed by atoms with Crippen LogP contribution in [0, 0.1) is 5.92 Å². The van der Waals surface area contributed by atoms with Crippen LogP contribution < -0.4 is 9.46 Å². The van der Waals surface area contributed by atoms with Gasteiger partial charge in [0.25, 0.3) is 0 Å². The van der Waals surface area contributed by atoms with Crippen molar-refractivity contribution in [3.63, 3.8) is 0 Å². The number of nitrogens with one attached hydrogen (secondary N) is 1. The van der Waals surface area contributed by atoms with E-state index in [0.717, 1.165) is 28.5 Å². The van der Waals surface area contributed by atoms with Crippen LogP contribution in [0.5, 0.6) is 5.75 Å². The lowest BCUT2D eigenvalue weighted by Crippen LogP contribution is -2.29.